The van der Waals surface area contributed by atoms with E-state index in [1.807, 2.05) is 0 Å². The molecule has 6 nitrogen and oxygen atoms in total. The minimum absolute atomic E-state index is 0.110. The molecule has 0 bridgehead atoms. The topological polar surface area (TPSA) is 78.6 Å². The standard InChI is InChI=1S/C28H10F8N6/c1-38-42-24-16-5-3-2-4-15(16)23(39-12-37)25-26(24)41-22(14-7-9-20(30)18(11-14)28(34,35)36)21(40-25)13-6-8-19(29)17(10-13)27(31,32)33/h2-11H. The number of nitrogens with zero attached hydrogens (tertiary/aromatic N) is 6. The van der Waals surface area contributed by atoms with E-state index in [1.54, 1.807) is 18.3 Å². The lowest BCUT2D eigenvalue weighted by Gasteiger charge is -2.22. The molecule has 0 spiro atoms. The van der Waals surface area contributed by atoms with Gasteiger partial charge in [-0.3, -0.25) is 0 Å². The molecule has 208 valence electrons. The van der Waals surface area contributed by atoms with Crippen molar-refractivity contribution in [1.29, 1.82) is 5.26 Å². The van der Waals surface area contributed by atoms with Crippen LogP contribution in [0.4, 0.5) is 35.1 Å². The van der Waals surface area contributed by atoms with Crippen LogP contribution < -0.4 is 0 Å². The van der Waals surface area contributed by atoms with Gasteiger partial charge in [0.1, 0.15) is 28.7 Å². The lowest BCUT2D eigenvalue weighted by molar-refractivity contribution is -0.140. The van der Waals surface area contributed by atoms with Gasteiger partial charge in [0.05, 0.1) is 27.6 Å². The molecule has 0 N–H and O–H groups in total. The monoisotopic (exact) mass is 582 g/mol. The van der Waals surface area contributed by atoms with Crippen LogP contribution in [-0.2, 0) is 12.4 Å². The quantitative estimate of drug-likeness (QED) is 0.0940. The third kappa shape index (κ3) is 4.83. The first-order valence-electron chi connectivity index (χ1n) is 11.5. The van der Waals surface area contributed by atoms with Crippen LogP contribution in [0.15, 0.2) is 70.8 Å². The fourth-order valence-corrected chi connectivity index (χ4v) is 4.41. The predicted octanol–water partition coefficient (Wildman–Crippen LogP) is 7.43. The molecule has 0 amide bonds. The Morgan fingerprint density at radius 3 is 1.57 bits per heavy atom. The van der Waals surface area contributed by atoms with Crippen molar-refractivity contribution >= 4 is 11.4 Å². The first-order valence-corrected chi connectivity index (χ1v) is 11.5. The zero-order valence-corrected chi connectivity index (χ0v) is 20.5. The Balaban J connectivity index is 1.92. The summed E-state index contributed by atoms with van der Waals surface area (Å²) < 4.78 is 110. The molecule has 1 aliphatic rings. The molecule has 0 radical (unpaired) electrons. The molecule has 0 aliphatic heterocycles. The van der Waals surface area contributed by atoms with Crippen LogP contribution in [0.1, 0.15) is 33.6 Å². The number of halogens is 8. The van der Waals surface area contributed by atoms with E-state index < -0.39 is 57.6 Å². The molecule has 4 aromatic rings. The number of aliphatic imine (C=N–C) groups is 1. The summed E-state index contributed by atoms with van der Waals surface area (Å²) in [7, 11) is 0. The molecule has 0 unspecified atom stereocenters. The fourth-order valence-electron chi connectivity index (χ4n) is 4.41. The van der Waals surface area contributed by atoms with Crippen molar-refractivity contribution in [3.8, 4) is 28.7 Å². The van der Waals surface area contributed by atoms with Crippen molar-refractivity contribution in [3.63, 3.8) is 0 Å². The van der Waals surface area contributed by atoms with E-state index in [1.165, 1.54) is 12.1 Å². The SMILES string of the molecule is [C-]#[N+]N=C1c2ccccc2C(=NC#N)c2nc(-c3ccc(F)c(C(F)(F)F)c3)c(-c3ccc(F)c(C(F)(F)F)c3)nc21. The second-order valence-electron chi connectivity index (χ2n) is 8.66. The summed E-state index contributed by atoms with van der Waals surface area (Å²) in [5.74, 6) is -3.24. The minimum atomic E-state index is -5.15. The first-order chi connectivity index (χ1) is 19.8. The summed E-state index contributed by atoms with van der Waals surface area (Å²) in [6.45, 7) is 7.27. The third-order valence-corrected chi connectivity index (χ3v) is 6.18. The lowest BCUT2D eigenvalue weighted by Crippen LogP contribution is -2.26. The molecule has 0 fully saturated rings. The van der Waals surface area contributed by atoms with Crippen LogP contribution in [0.2, 0.25) is 0 Å². The average Bonchev–Trinajstić information content (AvgIpc) is 2.93. The van der Waals surface area contributed by atoms with Crippen molar-refractivity contribution in [2.45, 2.75) is 12.4 Å². The van der Waals surface area contributed by atoms with Crippen molar-refractivity contribution in [3.05, 3.63) is 117 Å². The molecule has 0 saturated heterocycles. The van der Waals surface area contributed by atoms with Crippen LogP contribution in [-0.4, -0.2) is 21.4 Å². The van der Waals surface area contributed by atoms with Crippen molar-refractivity contribution in [2.24, 2.45) is 10.1 Å². The maximum absolute atomic E-state index is 14.1. The predicted molar refractivity (Wildman–Crippen MR) is 133 cm³/mol. The van der Waals surface area contributed by atoms with E-state index in [0.717, 1.165) is 12.1 Å². The van der Waals surface area contributed by atoms with Gasteiger partial charge >= 0.3 is 12.4 Å². The van der Waals surface area contributed by atoms with Gasteiger partial charge in [-0.25, -0.2) is 18.7 Å². The van der Waals surface area contributed by atoms with Gasteiger partial charge in [0.15, 0.2) is 5.71 Å². The number of aromatic nitrogens is 2. The van der Waals surface area contributed by atoms with Crippen LogP contribution in [0.5, 0.6) is 0 Å². The summed E-state index contributed by atoms with van der Waals surface area (Å²) in [6, 6.07) is 9.78. The molecule has 0 atom stereocenters. The third-order valence-electron chi connectivity index (χ3n) is 6.18. The Bertz CT molecular complexity index is 1770. The van der Waals surface area contributed by atoms with E-state index in [4.69, 9.17) is 6.57 Å². The Labute approximate surface area is 230 Å². The largest absolute Gasteiger partial charge is 0.419 e. The summed E-state index contributed by atoms with van der Waals surface area (Å²) in [6.07, 6.45) is -8.71. The van der Waals surface area contributed by atoms with Gasteiger partial charge in [0.2, 0.25) is 6.19 Å². The number of nitriles is 1. The molecule has 0 saturated carbocycles. The highest BCUT2D eigenvalue weighted by atomic mass is 19.4. The number of rotatable bonds is 2. The van der Waals surface area contributed by atoms with Crippen LogP contribution in [0, 0.1) is 29.7 Å². The highest BCUT2D eigenvalue weighted by Gasteiger charge is 2.38. The summed E-state index contributed by atoms with van der Waals surface area (Å²) >= 11 is 0. The number of benzene rings is 3. The maximum atomic E-state index is 14.1. The van der Waals surface area contributed by atoms with E-state index in [0.29, 0.717) is 24.3 Å². The average molecular weight is 582 g/mol. The van der Waals surface area contributed by atoms with Crippen molar-refractivity contribution in [2.75, 3.05) is 0 Å². The first kappa shape index (κ1) is 28.0. The zero-order valence-electron chi connectivity index (χ0n) is 20.5. The van der Waals surface area contributed by atoms with Gasteiger partial charge in [0.25, 0.3) is 0 Å². The molecule has 1 aliphatic carbocycles. The van der Waals surface area contributed by atoms with E-state index >= 15 is 0 Å². The second kappa shape index (κ2) is 10.2. The molecule has 14 heteroatoms. The van der Waals surface area contributed by atoms with Gasteiger partial charge in [-0.15, -0.1) is 4.95 Å². The normalized spacial score (nSPS) is 14.7. The Morgan fingerprint density at radius 1 is 0.690 bits per heavy atom. The molecule has 5 rings (SSSR count). The molecular formula is C28H10F8N6. The van der Waals surface area contributed by atoms with E-state index in [9.17, 15) is 40.4 Å². The van der Waals surface area contributed by atoms with Crippen LogP contribution in [0.3, 0.4) is 0 Å². The summed E-state index contributed by atoms with van der Waals surface area (Å²) in [5.41, 5.74) is -5.28. The van der Waals surface area contributed by atoms with Gasteiger partial charge < -0.3 is 0 Å². The maximum Gasteiger partial charge on any atom is 0.419 e. The van der Waals surface area contributed by atoms with Gasteiger partial charge in [0, 0.05) is 22.3 Å². The molecular weight excluding hydrogens is 572 g/mol. The highest BCUT2D eigenvalue weighted by molar-refractivity contribution is 6.30. The molecule has 1 heterocycles. The molecule has 1 aromatic heterocycles. The fraction of sp³-hybridized carbons (Fsp3) is 0.0714. The highest BCUT2D eigenvalue weighted by Crippen LogP contribution is 2.40. The van der Waals surface area contributed by atoms with E-state index in [2.05, 4.69) is 25.0 Å². The minimum Gasteiger partial charge on any atom is -0.241 e. The lowest BCUT2D eigenvalue weighted by atomic mass is 9.87. The Morgan fingerprint density at radius 2 is 1.14 bits per heavy atom. The van der Waals surface area contributed by atoms with Gasteiger partial charge in [-0.1, -0.05) is 24.3 Å². The zero-order chi connectivity index (χ0) is 30.4. The molecule has 42 heavy (non-hydrogen) atoms. The Hall–Kier alpha value is -5.50. The number of fused-ring (bicyclic) bond motifs is 2. The van der Waals surface area contributed by atoms with Gasteiger partial charge in [-0.05, 0) is 36.4 Å². The van der Waals surface area contributed by atoms with Crippen molar-refractivity contribution in [1.82, 2.24) is 9.97 Å². The van der Waals surface area contributed by atoms with Gasteiger partial charge in [-0.2, -0.15) is 43.2 Å². The number of hydrogen-bond donors (Lipinski definition) is 0. The second-order valence-corrected chi connectivity index (χ2v) is 8.66. The molecule has 3 aromatic carbocycles. The van der Waals surface area contributed by atoms with Crippen LogP contribution in [0.25, 0.3) is 27.5 Å². The number of hydrogen-bond acceptors (Lipinski definition) is 5. The van der Waals surface area contributed by atoms with Crippen LogP contribution >= 0.6 is 0 Å². The Kier molecular flexibility index (Phi) is 6.78. The smallest absolute Gasteiger partial charge is 0.241 e. The number of alkyl halides is 6. The summed E-state index contributed by atoms with van der Waals surface area (Å²) in [5, 5.41) is 13.1. The van der Waals surface area contributed by atoms with E-state index in [-0.39, 0.29) is 33.9 Å². The summed E-state index contributed by atoms with van der Waals surface area (Å²) in [4.78, 5) is 15.5. The van der Waals surface area contributed by atoms with Crippen molar-refractivity contribution < 1.29 is 35.1 Å².